The Morgan fingerprint density at radius 2 is 1.49 bits per heavy atom. The quantitative estimate of drug-likeness (QED) is 0.162. The fraction of sp³-hybridized carbons (Fsp3) is 0.184. The molecule has 2 aromatic heterocycles. The van der Waals surface area contributed by atoms with E-state index in [9.17, 15) is 9.18 Å². The molecular weight excluding hydrogens is 593 g/mol. The summed E-state index contributed by atoms with van der Waals surface area (Å²) >= 11 is 0. The molecule has 0 saturated heterocycles. The first-order valence-electron chi connectivity index (χ1n) is 15.7. The Morgan fingerprint density at radius 3 is 2.13 bits per heavy atom. The summed E-state index contributed by atoms with van der Waals surface area (Å²) in [5.74, 6) is 0.189. The van der Waals surface area contributed by atoms with Gasteiger partial charge in [-0.3, -0.25) is 4.79 Å². The van der Waals surface area contributed by atoms with Crippen molar-refractivity contribution in [1.29, 1.82) is 0 Å². The maximum absolute atomic E-state index is 14.9. The zero-order valence-corrected chi connectivity index (χ0v) is 26.1. The molecule has 2 heterocycles. The van der Waals surface area contributed by atoms with E-state index in [4.69, 9.17) is 19.7 Å². The van der Waals surface area contributed by atoms with Crippen molar-refractivity contribution in [2.45, 2.75) is 25.8 Å². The van der Waals surface area contributed by atoms with E-state index >= 15 is 0 Å². The molecule has 1 aliphatic rings. The van der Waals surface area contributed by atoms with Gasteiger partial charge in [-0.15, -0.1) is 0 Å². The average Bonchev–Trinajstić information content (AvgIpc) is 3.59. The van der Waals surface area contributed by atoms with Crippen LogP contribution in [0.5, 0.6) is 11.5 Å². The van der Waals surface area contributed by atoms with E-state index in [1.807, 2.05) is 115 Å². The first kappa shape index (κ1) is 30.0. The maximum atomic E-state index is 14.9. The minimum atomic E-state index is -0.446. The van der Waals surface area contributed by atoms with Gasteiger partial charge in [-0.25, -0.2) is 13.8 Å². The lowest BCUT2D eigenvalue weighted by Crippen LogP contribution is -2.25. The summed E-state index contributed by atoms with van der Waals surface area (Å²) in [7, 11) is 1.64. The molecule has 0 spiro atoms. The molecule has 1 saturated carbocycles. The topological polar surface area (TPSA) is 83.2 Å². The first-order chi connectivity index (χ1) is 23.0. The highest BCUT2D eigenvalue weighted by Crippen LogP contribution is 2.50. The van der Waals surface area contributed by atoms with Gasteiger partial charge in [0, 0.05) is 47.1 Å². The number of ether oxygens (including phenoxy) is 2. The summed E-state index contributed by atoms with van der Waals surface area (Å²) in [4.78, 5) is 13.6. The van der Waals surface area contributed by atoms with Crippen LogP contribution in [0.2, 0.25) is 0 Å². The van der Waals surface area contributed by atoms with Gasteiger partial charge in [0.15, 0.2) is 11.6 Å². The number of hydrogen-bond donors (Lipinski definition) is 1. The molecule has 47 heavy (non-hydrogen) atoms. The van der Waals surface area contributed by atoms with E-state index < -0.39 is 5.82 Å². The summed E-state index contributed by atoms with van der Waals surface area (Å²) in [6, 6.07) is 32.3. The molecule has 0 radical (unpaired) electrons. The van der Waals surface area contributed by atoms with Gasteiger partial charge in [0.2, 0.25) is 5.91 Å². The molecule has 8 nitrogen and oxygen atoms in total. The minimum Gasteiger partial charge on any atom is -0.497 e. The third kappa shape index (κ3) is 6.24. The molecule has 1 amide bonds. The lowest BCUT2D eigenvalue weighted by Gasteiger charge is -2.08. The summed E-state index contributed by atoms with van der Waals surface area (Å²) in [6.45, 7) is 2.51. The number of carbonyl (C=O) groups is 1. The van der Waals surface area contributed by atoms with Crippen molar-refractivity contribution < 1.29 is 18.7 Å². The van der Waals surface area contributed by atoms with Crippen molar-refractivity contribution in [2.75, 3.05) is 13.7 Å². The van der Waals surface area contributed by atoms with Gasteiger partial charge in [-0.1, -0.05) is 36.4 Å². The molecule has 2 atom stereocenters. The van der Waals surface area contributed by atoms with E-state index in [1.165, 1.54) is 6.07 Å². The molecular formula is C38H34FN5O3. The fourth-order valence-corrected chi connectivity index (χ4v) is 5.90. The number of aromatic nitrogens is 4. The average molecular weight is 628 g/mol. The standard InChI is InChI=1S/C38H34FN5O3/c1-3-47-35-19-16-26(20-34(35)39)37-33(24-44(42-37)29-12-8-5-9-13-29)31-21-32(31)38(45)40-22-27-23-43(28-10-6-4-7-11-28)41-36(27)25-14-17-30(46-2)18-15-25/h4-20,23-24,31-32H,3,21-22H2,1-2H3,(H,40,45). The van der Waals surface area contributed by atoms with Crippen LogP contribution in [0.15, 0.2) is 116 Å². The van der Waals surface area contributed by atoms with Gasteiger partial charge in [-0.05, 0) is 86.0 Å². The van der Waals surface area contributed by atoms with Crippen LogP contribution in [0.3, 0.4) is 0 Å². The lowest BCUT2D eigenvalue weighted by molar-refractivity contribution is -0.122. The Labute approximate surface area is 272 Å². The third-order valence-electron chi connectivity index (χ3n) is 8.42. The number of hydrogen-bond acceptors (Lipinski definition) is 5. The Kier molecular flexibility index (Phi) is 8.27. The summed E-state index contributed by atoms with van der Waals surface area (Å²) in [5.41, 5.74) is 6.62. The number of carbonyl (C=O) groups excluding carboxylic acids is 1. The number of methoxy groups -OCH3 is 1. The maximum Gasteiger partial charge on any atom is 0.224 e. The van der Waals surface area contributed by atoms with E-state index in [0.29, 0.717) is 30.8 Å². The van der Waals surface area contributed by atoms with Crippen LogP contribution < -0.4 is 14.8 Å². The van der Waals surface area contributed by atoms with Crippen molar-refractivity contribution in [3.63, 3.8) is 0 Å². The van der Waals surface area contributed by atoms with Crippen molar-refractivity contribution in [3.05, 3.63) is 132 Å². The van der Waals surface area contributed by atoms with Gasteiger partial charge < -0.3 is 14.8 Å². The second-order valence-corrected chi connectivity index (χ2v) is 11.5. The Bertz CT molecular complexity index is 2010. The van der Waals surface area contributed by atoms with Crippen LogP contribution in [0.25, 0.3) is 33.9 Å². The molecule has 9 heteroatoms. The second kappa shape index (κ2) is 13.0. The van der Waals surface area contributed by atoms with Gasteiger partial charge >= 0.3 is 0 Å². The number of nitrogens with one attached hydrogen (secondary N) is 1. The van der Waals surface area contributed by atoms with Crippen LogP contribution in [0, 0.1) is 11.7 Å². The highest BCUT2D eigenvalue weighted by molar-refractivity contribution is 5.84. The minimum absolute atomic E-state index is 0.0422. The van der Waals surface area contributed by atoms with Gasteiger partial charge in [0.1, 0.15) is 5.75 Å². The van der Waals surface area contributed by atoms with Crippen LogP contribution in [-0.2, 0) is 11.3 Å². The molecule has 2 unspecified atom stereocenters. The monoisotopic (exact) mass is 627 g/mol. The van der Waals surface area contributed by atoms with Gasteiger partial charge in [-0.2, -0.15) is 10.2 Å². The largest absolute Gasteiger partial charge is 0.497 e. The molecule has 4 aromatic carbocycles. The Morgan fingerprint density at radius 1 is 0.851 bits per heavy atom. The van der Waals surface area contributed by atoms with Crippen LogP contribution in [-0.4, -0.2) is 39.2 Å². The van der Waals surface area contributed by atoms with Crippen molar-refractivity contribution >= 4 is 5.91 Å². The van der Waals surface area contributed by atoms with E-state index in [-0.39, 0.29) is 23.5 Å². The molecule has 0 bridgehead atoms. The molecule has 0 aliphatic heterocycles. The summed E-state index contributed by atoms with van der Waals surface area (Å²) < 4.78 is 29.3. The Hall–Kier alpha value is -5.70. The molecule has 1 N–H and O–H groups in total. The number of amides is 1. The first-order valence-corrected chi connectivity index (χ1v) is 15.7. The number of rotatable bonds is 11. The summed E-state index contributed by atoms with van der Waals surface area (Å²) in [6.07, 6.45) is 4.60. The smallest absolute Gasteiger partial charge is 0.224 e. The number of para-hydroxylation sites is 2. The molecule has 7 rings (SSSR count). The number of halogens is 1. The molecule has 1 aliphatic carbocycles. The SMILES string of the molecule is CCOc1ccc(-c2nn(-c3ccccc3)cc2C2CC2C(=O)NCc2cn(-c3ccccc3)nc2-c2ccc(OC)cc2)cc1F. The van der Waals surface area contributed by atoms with E-state index in [0.717, 1.165) is 39.5 Å². The van der Waals surface area contributed by atoms with Gasteiger partial charge in [0.05, 0.1) is 36.5 Å². The second-order valence-electron chi connectivity index (χ2n) is 11.5. The van der Waals surface area contributed by atoms with Crippen LogP contribution >= 0.6 is 0 Å². The van der Waals surface area contributed by atoms with Crippen LogP contribution in [0.1, 0.15) is 30.4 Å². The normalized spacial score (nSPS) is 15.3. The van der Waals surface area contributed by atoms with Crippen molar-refractivity contribution in [2.24, 2.45) is 5.92 Å². The highest BCUT2D eigenvalue weighted by Gasteiger charge is 2.46. The molecule has 6 aromatic rings. The van der Waals surface area contributed by atoms with E-state index in [1.54, 1.807) is 17.9 Å². The zero-order chi connectivity index (χ0) is 32.3. The lowest BCUT2D eigenvalue weighted by atomic mass is 10.0. The zero-order valence-electron chi connectivity index (χ0n) is 26.1. The van der Waals surface area contributed by atoms with Crippen LogP contribution in [0.4, 0.5) is 4.39 Å². The third-order valence-corrected chi connectivity index (χ3v) is 8.42. The Balaban J connectivity index is 1.14. The molecule has 1 fully saturated rings. The van der Waals surface area contributed by atoms with E-state index in [2.05, 4.69) is 5.32 Å². The molecule has 236 valence electrons. The van der Waals surface area contributed by atoms with Gasteiger partial charge in [0.25, 0.3) is 0 Å². The van der Waals surface area contributed by atoms with Crippen molar-refractivity contribution in [1.82, 2.24) is 24.9 Å². The fourth-order valence-electron chi connectivity index (χ4n) is 5.90. The number of nitrogens with zero attached hydrogens (tertiary/aromatic N) is 4. The predicted molar refractivity (Wildman–Crippen MR) is 178 cm³/mol. The van der Waals surface area contributed by atoms with Crippen molar-refractivity contribution in [3.8, 4) is 45.4 Å². The summed E-state index contributed by atoms with van der Waals surface area (Å²) in [5, 5.41) is 12.9. The number of benzene rings is 4. The highest BCUT2D eigenvalue weighted by atomic mass is 19.1. The predicted octanol–water partition coefficient (Wildman–Crippen LogP) is 7.36.